The molecule has 0 unspecified atom stereocenters. The lowest BCUT2D eigenvalue weighted by Crippen LogP contribution is -2.16. The highest BCUT2D eigenvalue weighted by Crippen LogP contribution is 2.22. The van der Waals surface area contributed by atoms with Crippen LogP contribution >= 0.6 is 0 Å². The molecule has 0 amide bonds. The summed E-state index contributed by atoms with van der Waals surface area (Å²) >= 11 is 0. The summed E-state index contributed by atoms with van der Waals surface area (Å²) in [5, 5.41) is 11.5. The van der Waals surface area contributed by atoms with Gasteiger partial charge in [-0.15, -0.1) is 0 Å². The van der Waals surface area contributed by atoms with Crippen LogP contribution in [0.25, 0.3) is 0 Å². The van der Waals surface area contributed by atoms with Gasteiger partial charge in [0.2, 0.25) is 0 Å². The van der Waals surface area contributed by atoms with Gasteiger partial charge < -0.3 is 10.1 Å². The van der Waals surface area contributed by atoms with Gasteiger partial charge in [0.1, 0.15) is 11.4 Å². The second kappa shape index (κ2) is 10.2. The van der Waals surface area contributed by atoms with E-state index in [1.54, 1.807) is 12.1 Å². The zero-order chi connectivity index (χ0) is 19.7. The molecule has 2 rings (SSSR count). The molecule has 0 radical (unpaired) electrons. The number of hydrogen-bond acceptors (Lipinski definition) is 5. The molecule has 5 nitrogen and oxygen atoms in total. The molecule has 0 bridgehead atoms. The van der Waals surface area contributed by atoms with E-state index in [4.69, 9.17) is 5.41 Å². The SMILES string of the molecule is CC.CC(C)Nc1cc(C=O)cnc1C(=N)c1cccc(OC(F)F)c1. The Morgan fingerprint density at radius 2 is 1.96 bits per heavy atom. The standard InChI is InChI=1S/C17H17F2N3O2.C2H6/c1-10(2)22-14-6-11(9-23)8-21-16(14)15(20)12-4-3-5-13(7-12)24-17(18)19;1-2/h3-10,17,20,22H,1-2H3;1-2H3. The Kier molecular flexibility index (Phi) is 8.34. The average Bonchev–Trinajstić information content (AvgIpc) is 2.62. The quantitative estimate of drug-likeness (QED) is 0.549. The first kappa shape index (κ1) is 21.2. The van der Waals surface area contributed by atoms with Crippen molar-refractivity contribution in [1.29, 1.82) is 5.41 Å². The molecular weight excluding hydrogens is 340 g/mol. The molecule has 0 atom stereocenters. The van der Waals surface area contributed by atoms with Gasteiger partial charge in [-0.25, -0.2) is 0 Å². The minimum atomic E-state index is -2.93. The van der Waals surface area contributed by atoms with Gasteiger partial charge in [0, 0.05) is 23.4 Å². The number of pyridine rings is 1. The Morgan fingerprint density at radius 3 is 2.54 bits per heavy atom. The van der Waals surface area contributed by atoms with Gasteiger partial charge in [0.05, 0.1) is 11.4 Å². The highest BCUT2D eigenvalue weighted by molar-refractivity contribution is 6.13. The van der Waals surface area contributed by atoms with Crippen LogP contribution in [-0.2, 0) is 0 Å². The first-order chi connectivity index (χ1) is 12.4. The first-order valence-electron chi connectivity index (χ1n) is 8.26. The van der Waals surface area contributed by atoms with Crippen molar-refractivity contribution < 1.29 is 18.3 Å². The molecule has 0 saturated carbocycles. The topological polar surface area (TPSA) is 75.1 Å². The maximum atomic E-state index is 12.3. The van der Waals surface area contributed by atoms with Gasteiger partial charge in [-0.1, -0.05) is 26.0 Å². The van der Waals surface area contributed by atoms with E-state index in [0.717, 1.165) is 0 Å². The number of anilines is 1. The number of aromatic nitrogens is 1. The van der Waals surface area contributed by atoms with E-state index in [1.165, 1.54) is 24.4 Å². The van der Waals surface area contributed by atoms with Crippen molar-refractivity contribution in [3.63, 3.8) is 0 Å². The van der Waals surface area contributed by atoms with Crippen LogP contribution in [0.2, 0.25) is 0 Å². The van der Waals surface area contributed by atoms with Gasteiger partial charge in [0.15, 0.2) is 6.29 Å². The smallest absolute Gasteiger partial charge is 0.387 e. The zero-order valence-corrected chi connectivity index (χ0v) is 15.2. The molecule has 140 valence electrons. The van der Waals surface area contributed by atoms with Crippen molar-refractivity contribution in [3.05, 3.63) is 53.3 Å². The maximum Gasteiger partial charge on any atom is 0.387 e. The Hall–Kier alpha value is -2.83. The summed E-state index contributed by atoms with van der Waals surface area (Å²) in [4.78, 5) is 15.1. The summed E-state index contributed by atoms with van der Waals surface area (Å²) < 4.78 is 29.0. The monoisotopic (exact) mass is 363 g/mol. The van der Waals surface area contributed by atoms with Crippen molar-refractivity contribution in [2.75, 3.05) is 5.32 Å². The van der Waals surface area contributed by atoms with Crippen LogP contribution in [-0.4, -0.2) is 29.6 Å². The lowest BCUT2D eigenvalue weighted by molar-refractivity contribution is -0.0498. The summed E-state index contributed by atoms with van der Waals surface area (Å²) in [7, 11) is 0. The number of aldehydes is 1. The van der Waals surface area contributed by atoms with Crippen LogP contribution in [0.3, 0.4) is 0 Å². The molecule has 0 aliphatic rings. The Morgan fingerprint density at radius 1 is 1.27 bits per heavy atom. The molecule has 0 saturated heterocycles. The second-order valence-corrected chi connectivity index (χ2v) is 5.36. The number of benzene rings is 1. The number of nitrogens with one attached hydrogen (secondary N) is 2. The molecule has 0 spiro atoms. The minimum Gasteiger partial charge on any atom is -0.435 e. The number of nitrogens with zero attached hydrogens (tertiary/aromatic N) is 1. The predicted octanol–water partition coefficient (Wildman–Crippen LogP) is 4.76. The molecule has 0 fully saturated rings. The predicted molar refractivity (Wildman–Crippen MR) is 98.7 cm³/mol. The Labute approximate surface area is 151 Å². The summed E-state index contributed by atoms with van der Waals surface area (Å²) in [6, 6.07) is 7.53. The van der Waals surface area contributed by atoms with E-state index in [2.05, 4.69) is 15.0 Å². The van der Waals surface area contributed by atoms with Crippen molar-refractivity contribution in [2.24, 2.45) is 0 Å². The van der Waals surface area contributed by atoms with Crippen LogP contribution in [0.5, 0.6) is 5.75 Å². The lowest BCUT2D eigenvalue weighted by atomic mass is 10.0. The number of hydrogen-bond donors (Lipinski definition) is 2. The van der Waals surface area contributed by atoms with Crippen molar-refractivity contribution >= 4 is 17.7 Å². The largest absolute Gasteiger partial charge is 0.435 e. The Balaban J connectivity index is 0.00000163. The van der Waals surface area contributed by atoms with Crippen LogP contribution in [0, 0.1) is 5.41 Å². The molecule has 1 aromatic heterocycles. The van der Waals surface area contributed by atoms with Crippen molar-refractivity contribution in [2.45, 2.75) is 40.3 Å². The van der Waals surface area contributed by atoms with Gasteiger partial charge >= 0.3 is 6.61 Å². The third-order valence-electron chi connectivity index (χ3n) is 3.07. The first-order valence-corrected chi connectivity index (χ1v) is 8.26. The van der Waals surface area contributed by atoms with Crippen LogP contribution in [0.4, 0.5) is 14.5 Å². The molecule has 1 heterocycles. The van der Waals surface area contributed by atoms with E-state index >= 15 is 0 Å². The van der Waals surface area contributed by atoms with Gasteiger partial charge in [0.25, 0.3) is 0 Å². The van der Waals surface area contributed by atoms with E-state index in [-0.39, 0.29) is 17.5 Å². The molecule has 0 aliphatic heterocycles. The fraction of sp³-hybridized carbons (Fsp3) is 0.316. The van der Waals surface area contributed by atoms with E-state index < -0.39 is 6.61 Å². The normalized spacial score (nSPS) is 10.2. The summed E-state index contributed by atoms with van der Waals surface area (Å²) in [5.74, 6) is -0.0323. The van der Waals surface area contributed by atoms with Gasteiger partial charge in [-0.05, 0) is 32.0 Å². The molecular formula is C19H23F2N3O2. The number of carbonyl (C=O) groups is 1. The van der Waals surface area contributed by atoms with Gasteiger partial charge in [-0.2, -0.15) is 8.78 Å². The molecule has 26 heavy (non-hydrogen) atoms. The minimum absolute atomic E-state index is 0.0323. The van der Waals surface area contributed by atoms with Gasteiger partial charge in [-0.3, -0.25) is 15.2 Å². The highest BCUT2D eigenvalue weighted by Gasteiger charge is 2.15. The second-order valence-electron chi connectivity index (χ2n) is 5.36. The van der Waals surface area contributed by atoms with Crippen LogP contribution in [0.15, 0.2) is 36.5 Å². The van der Waals surface area contributed by atoms with Crippen molar-refractivity contribution in [1.82, 2.24) is 4.98 Å². The van der Waals surface area contributed by atoms with Crippen molar-refractivity contribution in [3.8, 4) is 5.75 Å². The zero-order valence-electron chi connectivity index (χ0n) is 15.2. The maximum absolute atomic E-state index is 12.3. The fourth-order valence-corrected chi connectivity index (χ4v) is 2.13. The van der Waals surface area contributed by atoms with E-state index in [9.17, 15) is 13.6 Å². The summed E-state index contributed by atoms with van der Waals surface area (Å²) in [6.45, 7) is 4.90. The number of halogens is 2. The van der Waals surface area contributed by atoms with E-state index in [0.29, 0.717) is 28.8 Å². The summed E-state index contributed by atoms with van der Waals surface area (Å²) in [5.41, 5.74) is 1.65. The number of alkyl halides is 2. The lowest BCUT2D eigenvalue weighted by Gasteiger charge is -2.15. The number of rotatable bonds is 7. The molecule has 2 aromatic rings. The van der Waals surface area contributed by atoms with Crippen LogP contribution in [0.1, 0.15) is 49.3 Å². The third-order valence-corrected chi connectivity index (χ3v) is 3.07. The highest BCUT2D eigenvalue weighted by atomic mass is 19.3. The number of ether oxygens (including phenoxy) is 1. The third kappa shape index (κ3) is 5.91. The Bertz CT molecular complexity index is 749. The summed E-state index contributed by atoms with van der Waals surface area (Å²) in [6.07, 6.45) is 2.03. The van der Waals surface area contributed by atoms with Crippen LogP contribution < -0.4 is 10.1 Å². The fourth-order valence-electron chi connectivity index (χ4n) is 2.13. The van der Waals surface area contributed by atoms with E-state index in [1.807, 2.05) is 27.7 Å². The molecule has 2 N–H and O–H groups in total. The molecule has 1 aromatic carbocycles. The molecule has 0 aliphatic carbocycles. The average molecular weight is 363 g/mol. The molecule has 7 heteroatoms. The number of carbonyl (C=O) groups excluding carboxylic acids is 1.